The molecule has 5 nitrogen and oxygen atoms in total. The maximum atomic E-state index is 12.3. The van der Waals surface area contributed by atoms with Crippen LogP contribution in [0, 0.1) is 0 Å². The van der Waals surface area contributed by atoms with Gasteiger partial charge in [-0.2, -0.15) is 0 Å². The van der Waals surface area contributed by atoms with Crippen molar-refractivity contribution in [2.75, 3.05) is 18.5 Å². The molecule has 2 rings (SSSR count). The fourth-order valence-corrected chi connectivity index (χ4v) is 2.33. The first-order chi connectivity index (χ1) is 12.1. The van der Waals surface area contributed by atoms with Gasteiger partial charge in [-0.05, 0) is 55.9 Å². The van der Waals surface area contributed by atoms with Crippen LogP contribution in [0.2, 0.25) is 0 Å². The number of carbonyl (C=O) groups is 1. The molecule has 2 N–H and O–H groups in total. The Morgan fingerprint density at radius 2 is 1.76 bits per heavy atom. The summed E-state index contributed by atoms with van der Waals surface area (Å²) in [6, 6.07) is 14.4. The van der Waals surface area contributed by atoms with Crippen molar-refractivity contribution in [2.24, 2.45) is 0 Å². The van der Waals surface area contributed by atoms with E-state index < -0.39 is 0 Å². The van der Waals surface area contributed by atoms with Crippen LogP contribution in [0.15, 0.2) is 48.5 Å². The second-order valence-corrected chi connectivity index (χ2v) is 5.65. The monoisotopic (exact) mass is 358 g/mol. The molecule has 0 atom stereocenters. The molecule has 132 valence electrons. The predicted octanol–water partition coefficient (Wildman–Crippen LogP) is 4.00. The molecule has 0 fully saturated rings. The van der Waals surface area contributed by atoms with Gasteiger partial charge in [0.2, 0.25) is 0 Å². The minimum atomic E-state index is -0.291. The first-order valence-corrected chi connectivity index (χ1v) is 8.61. The van der Waals surface area contributed by atoms with E-state index in [0.717, 1.165) is 17.9 Å². The molecular weight excluding hydrogens is 336 g/mol. The van der Waals surface area contributed by atoms with Crippen molar-refractivity contribution in [3.8, 4) is 11.5 Å². The summed E-state index contributed by atoms with van der Waals surface area (Å²) < 4.78 is 11.0. The zero-order valence-electron chi connectivity index (χ0n) is 14.4. The Morgan fingerprint density at radius 1 is 1.04 bits per heavy atom. The van der Waals surface area contributed by atoms with Crippen LogP contribution in [0.25, 0.3) is 0 Å². The number of hydrogen-bond acceptors (Lipinski definition) is 4. The highest BCUT2D eigenvalue weighted by Crippen LogP contribution is 2.17. The van der Waals surface area contributed by atoms with Crippen LogP contribution in [0.3, 0.4) is 0 Å². The van der Waals surface area contributed by atoms with Crippen molar-refractivity contribution in [1.82, 2.24) is 5.32 Å². The summed E-state index contributed by atoms with van der Waals surface area (Å²) >= 11 is 5.21. The van der Waals surface area contributed by atoms with Crippen LogP contribution >= 0.6 is 12.2 Å². The summed E-state index contributed by atoms with van der Waals surface area (Å²) in [4.78, 5) is 12.3. The summed E-state index contributed by atoms with van der Waals surface area (Å²) in [5, 5.41) is 5.86. The van der Waals surface area contributed by atoms with Crippen molar-refractivity contribution in [3.05, 3.63) is 54.1 Å². The molecule has 2 aromatic carbocycles. The van der Waals surface area contributed by atoms with Gasteiger partial charge in [0.1, 0.15) is 11.5 Å². The number of amides is 1. The zero-order valence-corrected chi connectivity index (χ0v) is 15.2. The molecule has 0 unspecified atom stereocenters. The van der Waals surface area contributed by atoms with Gasteiger partial charge in [-0.15, -0.1) is 0 Å². The van der Waals surface area contributed by atoms with E-state index in [-0.39, 0.29) is 11.0 Å². The van der Waals surface area contributed by atoms with Gasteiger partial charge < -0.3 is 14.8 Å². The third-order valence-electron chi connectivity index (χ3n) is 3.20. The molecule has 0 aliphatic heterocycles. The van der Waals surface area contributed by atoms with Gasteiger partial charge in [0, 0.05) is 17.3 Å². The van der Waals surface area contributed by atoms with E-state index in [1.165, 1.54) is 0 Å². The van der Waals surface area contributed by atoms with Crippen LogP contribution < -0.4 is 20.1 Å². The minimum Gasteiger partial charge on any atom is -0.494 e. The fourth-order valence-electron chi connectivity index (χ4n) is 2.11. The molecule has 2 aromatic rings. The maximum Gasteiger partial charge on any atom is 0.257 e. The second-order valence-electron chi connectivity index (χ2n) is 5.25. The lowest BCUT2D eigenvalue weighted by molar-refractivity contribution is 0.0977. The number of hydrogen-bond donors (Lipinski definition) is 2. The Hall–Kier alpha value is -2.60. The van der Waals surface area contributed by atoms with E-state index >= 15 is 0 Å². The van der Waals surface area contributed by atoms with Crippen LogP contribution in [0.4, 0.5) is 5.69 Å². The molecule has 25 heavy (non-hydrogen) atoms. The lowest BCUT2D eigenvalue weighted by Crippen LogP contribution is -2.34. The first kappa shape index (κ1) is 18.7. The number of nitrogens with one attached hydrogen (secondary N) is 2. The number of carbonyl (C=O) groups excluding carboxylic acids is 1. The number of ether oxygens (including phenoxy) is 2. The second kappa shape index (κ2) is 9.64. The first-order valence-electron chi connectivity index (χ1n) is 8.20. The molecule has 0 aliphatic carbocycles. The summed E-state index contributed by atoms with van der Waals surface area (Å²) in [6.45, 7) is 5.15. The van der Waals surface area contributed by atoms with E-state index in [4.69, 9.17) is 21.7 Å². The average Bonchev–Trinajstić information content (AvgIpc) is 2.60. The summed E-state index contributed by atoms with van der Waals surface area (Å²) in [6.07, 6.45) is 0.908. The normalized spacial score (nSPS) is 10.0. The smallest absolute Gasteiger partial charge is 0.257 e. The highest BCUT2D eigenvalue weighted by Gasteiger charge is 2.09. The van der Waals surface area contributed by atoms with Gasteiger partial charge >= 0.3 is 0 Å². The van der Waals surface area contributed by atoms with Crippen LogP contribution in [0.5, 0.6) is 11.5 Å². The Morgan fingerprint density at radius 3 is 2.48 bits per heavy atom. The summed E-state index contributed by atoms with van der Waals surface area (Å²) in [7, 11) is 0. The number of thiocarbonyl (C=S) groups is 1. The minimum absolute atomic E-state index is 0.221. The Kier molecular flexibility index (Phi) is 7.22. The van der Waals surface area contributed by atoms with E-state index in [9.17, 15) is 4.79 Å². The lowest BCUT2D eigenvalue weighted by atomic mass is 10.2. The SMILES string of the molecule is CCCOc1cccc(C(=O)NC(=S)Nc2cccc(OCC)c2)c1. The van der Waals surface area contributed by atoms with Crippen molar-refractivity contribution < 1.29 is 14.3 Å². The summed E-state index contributed by atoms with van der Waals surface area (Å²) in [5.41, 5.74) is 1.23. The van der Waals surface area contributed by atoms with Gasteiger partial charge in [-0.3, -0.25) is 10.1 Å². The van der Waals surface area contributed by atoms with E-state index in [1.54, 1.807) is 18.2 Å². The molecule has 1 amide bonds. The summed E-state index contributed by atoms with van der Waals surface area (Å²) in [5.74, 6) is 1.11. The zero-order chi connectivity index (χ0) is 18.1. The molecule has 0 heterocycles. The molecule has 0 aliphatic rings. The molecule has 0 bridgehead atoms. The fraction of sp³-hybridized carbons (Fsp3) is 0.263. The van der Waals surface area contributed by atoms with Crippen molar-refractivity contribution in [2.45, 2.75) is 20.3 Å². The largest absolute Gasteiger partial charge is 0.494 e. The molecular formula is C19H22N2O3S. The third-order valence-corrected chi connectivity index (χ3v) is 3.40. The van der Waals surface area contributed by atoms with E-state index in [1.807, 2.05) is 44.2 Å². The topological polar surface area (TPSA) is 59.6 Å². The lowest BCUT2D eigenvalue weighted by Gasteiger charge is -2.11. The van der Waals surface area contributed by atoms with Crippen LogP contribution in [-0.4, -0.2) is 24.2 Å². The molecule has 0 saturated carbocycles. The molecule has 0 spiro atoms. The van der Waals surface area contributed by atoms with Crippen molar-refractivity contribution in [1.29, 1.82) is 0 Å². The molecule has 0 saturated heterocycles. The number of benzene rings is 2. The molecule has 0 aromatic heterocycles. The highest BCUT2D eigenvalue weighted by molar-refractivity contribution is 7.80. The van der Waals surface area contributed by atoms with Crippen molar-refractivity contribution >= 4 is 28.9 Å². The van der Waals surface area contributed by atoms with Gasteiger partial charge in [-0.25, -0.2) is 0 Å². The van der Waals surface area contributed by atoms with Gasteiger partial charge in [0.25, 0.3) is 5.91 Å². The predicted molar refractivity (Wildman–Crippen MR) is 104 cm³/mol. The highest BCUT2D eigenvalue weighted by atomic mass is 32.1. The van der Waals surface area contributed by atoms with Gasteiger partial charge in [0.15, 0.2) is 5.11 Å². The van der Waals surface area contributed by atoms with E-state index in [2.05, 4.69) is 10.6 Å². The standard InChI is InChI=1S/C19H22N2O3S/c1-3-11-24-16-9-5-7-14(12-16)18(22)21-19(25)20-15-8-6-10-17(13-15)23-4-2/h5-10,12-13H,3-4,11H2,1-2H3,(H2,20,21,22,25). The average molecular weight is 358 g/mol. The van der Waals surface area contributed by atoms with Crippen molar-refractivity contribution in [3.63, 3.8) is 0 Å². The third kappa shape index (κ3) is 6.08. The molecule has 6 heteroatoms. The van der Waals surface area contributed by atoms with Crippen LogP contribution in [-0.2, 0) is 0 Å². The number of anilines is 1. The van der Waals surface area contributed by atoms with Crippen LogP contribution in [0.1, 0.15) is 30.6 Å². The Labute approximate surface area is 153 Å². The molecule has 0 radical (unpaired) electrons. The quantitative estimate of drug-likeness (QED) is 0.733. The number of rotatable bonds is 7. The van der Waals surface area contributed by atoms with Gasteiger partial charge in [-0.1, -0.05) is 19.1 Å². The maximum absolute atomic E-state index is 12.3. The Balaban J connectivity index is 1.96. The Bertz CT molecular complexity index is 734. The van der Waals surface area contributed by atoms with Gasteiger partial charge in [0.05, 0.1) is 13.2 Å². The van der Waals surface area contributed by atoms with E-state index in [0.29, 0.717) is 24.5 Å².